The SMILES string of the molecule is CC[C@H](C)NC(=O)[C@@H](Cc1ccccc1)N(Cc1ccccc1F)C(=O)CN(c1cc(Cl)cc(Cl)c1)S(=O)(=O)c1ccc(C)cc1. The van der Waals surface area contributed by atoms with Gasteiger partial charge in [0.1, 0.15) is 18.4 Å². The van der Waals surface area contributed by atoms with Crippen LogP contribution in [0.25, 0.3) is 0 Å². The lowest BCUT2D eigenvalue weighted by molar-refractivity contribution is -0.140. The van der Waals surface area contributed by atoms with E-state index in [-0.39, 0.29) is 45.2 Å². The molecule has 0 heterocycles. The Morgan fingerprint density at radius 2 is 1.50 bits per heavy atom. The van der Waals surface area contributed by atoms with Crippen LogP contribution in [0.5, 0.6) is 0 Å². The van der Waals surface area contributed by atoms with Gasteiger partial charge in [0.2, 0.25) is 11.8 Å². The molecule has 7 nitrogen and oxygen atoms in total. The van der Waals surface area contributed by atoms with E-state index in [2.05, 4.69) is 5.32 Å². The Morgan fingerprint density at radius 3 is 2.11 bits per heavy atom. The van der Waals surface area contributed by atoms with Crippen molar-refractivity contribution >= 4 is 50.7 Å². The number of sulfonamides is 1. The lowest BCUT2D eigenvalue weighted by Crippen LogP contribution is -2.54. The van der Waals surface area contributed by atoms with Gasteiger partial charge in [0, 0.05) is 34.6 Å². The van der Waals surface area contributed by atoms with Gasteiger partial charge < -0.3 is 10.2 Å². The molecule has 0 aliphatic carbocycles. The zero-order chi connectivity index (χ0) is 33.4. The summed E-state index contributed by atoms with van der Waals surface area (Å²) in [5.74, 6) is -1.73. The molecule has 2 atom stereocenters. The van der Waals surface area contributed by atoms with Gasteiger partial charge in [-0.1, -0.05) is 96.4 Å². The summed E-state index contributed by atoms with van der Waals surface area (Å²) in [6.07, 6.45) is 0.750. The summed E-state index contributed by atoms with van der Waals surface area (Å²) in [7, 11) is -4.35. The van der Waals surface area contributed by atoms with Gasteiger partial charge in [-0.05, 0) is 62.2 Å². The first kappa shape index (κ1) is 34.9. The number of hydrogen-bond donors (Lipinski definition) is 1. The molecule has 0 unspecified atom stereocenters. The van der Waals surface area contributed by atoms with Crippen molar-refractivity contribution in [1.82, 2.24) is 10.2 Å². The number of anilines is 1. The van der Waals surface area contributed by atoms with E-state index in [0.29, 0.717) is 6.42 Å². The van der Waals surface area contributed by atoms with Crippen LogP contribution < -0.4 is 9.62 Å². The molecular weight excluding hydrogens is 648 g/mol. The van der Waals surface area contributed by atoms with Crippen LogP contribution in [-0.2, 0) is 32.6 Å². The standard InChI is InChI=1S/C35H36Cl2FN3O4S/c1-4-25(3)39-35(43)33(18-26-10-6-5-7-11-26)40(22-27-12-8-9-13-32(27)38)34(42)23-41(30-20-28(36)19-29(37)21-30)46(44,45)31-16-14-24(2)15-17-31/h5-17,19-21,25,33H,4,18,22-23H2,1-3H3,(H,39,43)/t25-,33+/m0/s1. The maximum absolute atomic E-state index is 15.1. The van der Waals surface area contributed by atoms with Gasteiger partial charge in [0.15, 0.2) is 0 Å². The van der Waals surface area contributed by atoms with E-state index in [1.54, 1.807) is 18.2 Å². The molecule has 0 saturated heterocycles. The Balaban J connectivity index is 1.84. The quantitative estimate of drug-likeness (QED) is 0.162. The third-order valence-electron chi connectivity index (χ3n) is 7.59. The highest BCUT2D eigenvalue weighted by Gasteiger charge is 2.35. The lowest BCUT2D eigenvalue weighted by atomic mass is 10.0. The van der Waals surface area contributed by atoms with E-state index < -0.39 is 40.2 Å². The summed E-state index contributed by atoms with van der Waals surface area (Å²) < 4.78 is 44.3. The first-order valence-corrected chi connectivity index (χ1v) is 17.0. The second kappa shape index (κ2) is 15.6. The Hall–Kier alpha value is -3.92. The zero-order valence-corrected chi connectivity index (χ0v) is 28.1. The number of halogens is 3. The first-order chi connectivity index (χ1) is 21.9. The molecule has 0 aliphatic heterocycles. The number of amides is 2. The van der Waals surface area contributed by atoms with Crippen molar-refractivity contribution in [2.24, 2.45) is 0 Å². The first-order valence-electron chi connectivity index (χ1n) is 14.8. The highest BCUT2D eigenvalue weighted by molar-refractivity contribution is 7.92. The van der Waals surface area contributed by atoms with Crippen LogP contribution in [0.1, 0.15) is 37.0 Å². The molecule has 11 heteroatoms. The Kier molecular flexibility index (Phi) is 11.8. The van der Waals surface area contributed by atoms with E-state index in [9.17, 15) is 18.0 Å². The molecule has 46 heavy (non-hydrogen) atoms. The van der Waals surface area contributed by atoms with Gasteiger partial charge in [-0.25, -0.2) is 12.8 Å². The topological polar surface area (TPSA) is 86.8 Å². The van der Waals surface area contributed by atoms with Crippen molar-refractivity contribution in [3.63, 3.8) is 0 Å². The van der Waals surface area contributed by atoms with Crippen LogP contribution in [0, 0.1) is 12.7 Å². The predicted octanol–water partition coefficient (Wildman–Crippen LogP) is 7.19. The summed E-state index contributed by atoms with van der Waals surface area (Å²) >= 11 is 12.6. The van der Waals surface area contributed by atoms with Crippen molar-refractivity contribution in [1.29, 1.82) is 0 Å². The maximum atomic E-state index is 15.1. The molecule has 0 saturated carbocycles. The predicted molar refractivity (Wildman–Crippen MR) is 181 cm³/mol. The summed E-state index contributed by atoms with van der Waals surface area (Å²) in [5, 5.41) is 3.28. The van der Waals surface area contributed by atoms with Gasteiger partial charge in [-0.3, -0.25) is 13.9 Å². The van der Waals surface area contributed by atoms with Crippen molar-refractivity contribution < 1.29 is 22.4 Å². The second-order valence-corrected chi connectivity index (χ2v) is 13.8. The Morgan fingerprint density at radius 1 is 0.891 bits per heavy atom. The third kappa shape index (κ3) is 8.87. The van der Waals surface area contributed by atoms with Gasteiger partial charge in [0.25, 0.3) is 10.0 Å². The van der Waals surface area contributed by atoms with Crippen molar-refractivity contribution in [3.8, 4) is 0 Å². The van der Waals surface area contributed by atoms with E-state index in [4.69, 9.17) is 23.2 Å². The Bertz CT molecular complexity index is 1750. The molecule has 0 fully saturated rings. The number of nitrogens with zero attached hydrogens (tertiary/aromatic N) is 2. The highest BCUT2D eigenvalue weighted by atomic mass is 35.5. The minimum atomic E-state index is -4.35. The van der Waals surface area contributed by atoms with Crippen LogP contribution in [0.4, 0.5) is 10.1 Å². The molecule has 4 aromatic rings. The van der Waals surface area contributed by atoms with Gasteiger partial charge in [-0.15, -0.1) is 0 Å². The molecule has 4 rings (SSSR count). The lowest BCUT2D eigenvalue weighted by Gasteiger charge is -2.34. The van der Waals surface area contributed by atoms with Crippen LogP contribution in [0.3, 0.4) is 0 Å². The molecule has 0 spiro atoms. The number of benzene rings is 4. The summed E-state index contributed by atoms with van der Waals surface area (Å²) in [6.45, 7) is 4.59. The monoisotopic (exact) mass is 683 g/mol. The van der Waals surface area contributed by atoms with Crippen LogP contribution >= 0.6 is 23.2 Å². The molecule has 4 aromatic carbocycles. The fourth-order valence-electron chi connectivity index (χ4n) is 4.85. The average Bonchev–Trinajstić information content (AvgIpc) is 3.02. The van der Waals surface area contributed by atoms with Crippen LogP contribution in [0.2, 0.25) is 10.0 Å². The van der Waals surface area contributed by atoms with E-state index in [1.165, 1.54) is 53.4 Å². The molecule has 2 amide bonds. The number of carbonyl (C=O) groups excluding carboxylic acids is 2. The van der Waals surface area contributed by atoms with Gasteiger partial charge in [-0.2, -0.15) is 0 Å². The largest absolute Gasteiger partial charge is 0.352 e. The fraction of sp³-hybridized carbons (Fsp3) is 0.257. The fourth-order valence-corrected chi connectivity index (χ4v) is 6.77. The number of carbonyl (C=O) groups is 2. The Labute approximate surface area is 280 Å². The molecule has 0 bridgehead atoms. The molecule has 0 aromatic heterocycles. The van der Waals surface area contributed by atoms with E-state index in [1.807, 2.05) is 51.1 Å². The molecule has 1 N–H and O–H groups in total. The smallest absolute Gasteiger partial charge is 0.264 e. The minimum Gasteiger partial charge on any atom is -0.352 e. The number of rotatable bonds is 13. The molecule has 0 radical (unpaired) electrons. The second-order valence-electron chi connectivity index (χ2n) is 11.1. The maximum Gasteiger partial charge on any atom is 0.264 e. The zero-order valence-electron chi connectivity index (χ0n) is 25.8. The number of aryl methyl sites for hydroxylation is 1. The summed E-state index contributed by atoms with van der Waals surface area (Å²) in [4.78, 5) is 29.5. The average molecular weight is 685 g/mol. The summed E-state index contributed by atoms with van der Waals surface area (Å²) in [5.41, 5.74) is 1.84. The van der Waals surface area contributed by atoms with Crippen LogP contribution in [-0.4, -0.2) is 43.8 Å². The van der Waals surface area contributed by atoms with Crippen molar-refractivity contribution in [2.45, 2.75) is 57.1 Å². The van der Waals surface area contributed by atoms with Gasteiger partial charge in [0.05, 0.1) is 10.6 Å². The van der Waals surface area contributed by atoms with E-state index in [0.717, 1.165) is 15.4 Å². The van der Waals surface area contributed by atoms with Crippen molar-refractivity contribution in [3.05, 3.63) is 130 Å². The minimum absolute atomic E-state index is 0.0564. The number of hydrogen-bond acceptors (Lipinski definition) is 4. The molecule has 242 valence electrons. The van der Waals surface area contributed by atoms with Crippen molar-refractivity contribution in [2.75, 3.05) is 10.8 Å². The third-order valence-corrected chi connectivity index (χ3v) is 9.82. The molecule has 0 aliphatic rings. The molecular formula is C35H36Cl2FN3O4S. The highest BCUT2D eigenvalue weighted by Crippen LogP contribution is 2.30. The van der Waals surface area contributed by atoms with Crippen LogP contribution in [0.15, 0.2) is 102 Å². The normalized spacial score (nSPS) is 12.7. The van der Waals surface area contributed by atoms with Gasteiger partial charge >= 0.3 is 0 Å². The summed E-state index contributed by atoms with van der Waals surface area (Å²) in [6, 6.07) is 24.2. The number of nitrogens with one attached hydrogen (secondary N) is 1. The van der Waals surface area contributed by atoms with E-state index >= 15 is 4.39 Å².